The first kappa shape index (κ1) is 20.4. The second-order valence-corrected chi connectivity index (χ2v) is 7.34. The topological polar surface area (TPSA) is 54.6 Å². The number of hydrogen-bond acceptors (Lipinski definition) is 3. The Morgan fingerprint density at radius 2 is 1.55 bits per heavy atom. The molecule has 0 aliphatic heterocycles. The number of furan rings is 1. The average Bonchev–Trinajstić information content (AvgIpc) is 3.13. The molecule has 4 rings (SSSR count). The van der Waals surface area contributed by atoms with Crippen molar-refractivity contribution in [2.75, 3.05) is 7.05 Å². The summed E-state index contributed by atoms with van der Waals surface area (Å²) in [6.07, 6.45) is 0.426. The smallest absolute Gasteiger partial charge is 0.246 e. The van der Waals surface area contributed by atoms with E-state index in [9.17, 15) is 4.79 Å². The van der Waals surface area contributed by atoms with Gasteiger partial charge in [0.15, 0.2) is 5.58 Å². The minimum atomic E-state index is -0.168. The number of carbonyl (C=O) groups excluding carboxylic acids is 1. The molecule has 0 aliphatic carbocycles. The highest BCUT2D eigenvalue weighted by Gasteiger charge is 2.17. The lowest BCUT2D eigenvalue weighted by Gasteiger charge is -2.08. The fourth-order valence-electron chi connectivity index (χ4n) is 3.66. The van der Waals surface area contributed by atoms with Gasteiger partial charge in [-0.05, 0) is 13.0 Å². The lowest BCUT2D eigenvalue weighted by atomic mass is 10.0. The number of nitrogens with zero attached hydrogens (tertiary/aromatic N) is 1. The van der Waals surface area contributed by atoms with Crippen LogP contribution in [0.4, 0.5) is 5.69 Å². The molecule has 0 aliphatic rings. The molecular weight excluding hydrogens is 384 g/mol. The predicted molar refractivity (Wildman–Crippen MR) is 126 cm³/mol. The summed E-state index contributed by atoms with van der Waals surface area (Å²) in [5.41, 5.74) is 5.85. The summed E-state index contributed by atoms with van der Waals surface area (Å²) < 4.78 is 6.14. The van der Waals surface area contributed by atoms with Gasteiger partial charge in [0.25, 0.3) is 0 Å². The van der Waals surface area contributed by atoms with E-state index in [2.05, 4.69) is 36.2 Å². The van der Waals surface area contributed by atoms with Gasteiger partial charge in [-0.1, -0.05) is 79.4 Å². The maximum absolute atomic E-state index is 11.9. The van der Waals surface area contributed by atoms with Crippen molar-refractivity contribution in [2.24, 2.45) is 4.99 Å². The van der Waals surface area contributed by atoms with E-state index in [1.165, 1.54) is 0 Å². The molecule has 0 fully saturated rings. The molecule has 4 nitrogen and oxygen atoms in total. The SMILES string of the molecule is C=C(Cc1c(C)oc2c(N=C(c3ccccc3)c3ccccc3)cccc12)C(=O)NC. The zero-order chi connectivity index (χ0) is 21.8. The van der Waals surface area contributed by atoms with Crippen LogP contribution in [0.1, 0.15) is 22.5 Å². The lowest BCUT2D eigenvalue weighted by Crippen LogP contribution is -2.20. The Morgan fingerprint density at radius 3 is 2.13 bits per heavy atom. The van der Waals surface area contributed by atoms with Gasteiger partial charge >= 0.3 is 0 Å². The van der Waals surface area contributed by atoms with Crippen LogP contribution in [0.2, 0.25) is 0 Å². The Balaban J connectivity index is 1.85. The minimum Gasteiger partial charge on any atom is -0.459 e. The van der Waals surface area contributed by atoms with Crippen LogP contribution in [-0.2, 0) is 11.2 Å². The van der Waals surface area contributed by atoms with Crippen molar-refractivity contribution in [3.05, 3.63) is 113 Å². The van der Waals surface area contributed by atoms with Crippen molar-refractivity contribution < 1.29 is 9.21 Å². The quantitative estimate of drug-likeness (QED) is 0.326. The van der Waals surface area contributed by atoms with Crippen LogP contribution in [-0.4, -0.2) is 18.7 Å². The molecule has 0 radical (unpaired) electrons. The second-order valence-electron chi connectivity index (χ2n) is 7.34. The number of hydrogen-bond donors (Lipinski definition) is 1. The number of likely N-dealkylation sites (N-methyl/N-ethyl adjacent to an activating group) is 1. The summed E-state index contributed by atoms with van der Waals surface area (Å²) in [5.74, 6) is 0.599. The summed E-state index contributed by atoms with van der Waals surface area (Å²) in [5, 5.41) is 3.58. The van der Waals surface area contributed by atoms with Gasteiger partial charge in [-0.3, -0.25) is 4.79 Å². The zero-order valence-corrected chi connectivity index (χ0v) is 17.7. The van der Waals surface area contributed by atoms with Gasteiger partial charge in [0.1, 0.15) is 11.4 Å². The number of benzene rings is 3. The van der Waals surface area contributed by atoms with Crippen molar-refractivity contribution >= 4 is 28.3 Å². The van der Waals surface area contributed by atoms with Crippen LogP contribution in [0.15, 0.2) is 100 Å². The van der Waals surface area contributed by atoms with Gasteiger partial charge in [0, 0.05) is 41.1 Å². The van der Waals surface area contributed by atoms with Gasteiger partial charge in [-0.2, -0.15) is 0 Å². The van der Waals surface area contributed by atoms with Crippen LogP contribution in [0.5, 0.6) is 0 Å². The highest BCUT2D eigenvalue weighted by molar-refractivity contribution is 6.14. The molecule has 0 saturated carbocycles. The molecule has 0 unspecified atom stereocenters. The number of aryl methyl sites for hydroxylation is 1. The highest BCUT2D eigenvalue weighted by Crippen LogP contribution is 2.34. The molecule has 4 aromatic rings. The summed E-state index contributed by atoms with van der Waals surface area (Å²) in [7, 11) is 1.61. The highest BCUT2D eigenvalue weighted by atomic mass is 16.3. The summed E-state index contributed by atoms with van der Waals surface area (Å²) in [6.45, 7) is 5.83. The first-order valence-corrected chi connectivity index (χ1v) is 10.2. The molecule has 31 heavy (non-hydrogen) atoms. The zero-order valence-electron chi connectivity index (χ0n) is 17.7. The Labute approximate surface area is 181 Å². The molecular formula is C27H24N2O2. The number of nitrogens with one attached hydrogen (secondary N) is 1. The van der Waals surface area contributed by atoms with Gasteiger partial charge in [-0.15, -0.1) is 0 Å². The third kappa shape index (κ3) is 4.19. The fraction of sp³-hybridized carbons (Fsp3) is 0.111. The van der Waals surface area contributed by atoms with Crippen molar-refractivity contribution in [1.82, 2.24) is 5.32 Å². The van der Waals surface area contributed by atoms with E-state index >= 15 is 0 Å². The average molecular weight is 409 g/mol. The van der Waals surface area contributed by atoms with Crippen LogP contribution in [0.25, 0.3) is 11.0 Å². The van der Waals surface area contributed by atoms with Gasteiger partial charge in [0.05, 0.1) is 5.71 Å². The van der Waals surface area contributed by atoms with E-state index in [-0.39, 0.29) is 5.91 Å². The molecule has 1 heterocycles. The molecule has 4 heteroatoms. The van der Waals surface area contributed by atoms with Crippen LogP contribution >= 0.6 is 0 Å². The Kier molecular flexibility index (Phi) is 5.80. The van der Waals surface area contributed by atoms with Crippen LogP contribution in [0, 0.1) is 6.92 Å². The molecule has 0 spiro atoms. The maximum atomic E-state index is 11.9. The number of rotatable bonds is 6. The summed E-state index contributed by atoms with van der Waals surface area (Å²) in [4.78, 5) is 17.0. The lowest BCUT2D eigenvalue weighted by molar-refractivity contribution is -0.117. The molecule has 0 bridgehead atoms. The van der Waals surface area contributed by atoms with E-state index in [0.717, 1.165) is 39.2 Å². The van der Waals surface area contributed by atoms with Crippen molar-refractivity contribution in [3.63, 3.8) is 0 Å². The van der Waals surface area contributed by atoms with Gasteiger partial charge in [0.2, 0.25) is 5.91 Å². The van der Waals surface area contributed by atoms with Crippen molar-refractivity contribution in [2.45, 2.75) is 13.3 Å². The first-order valence-electron chi connectivity index (χ1n) is 10.2. The maximum Gasteiger partial charge on any atom is 0.246 e. The molecule has 0 saturated heterocycles. The number of fused-ring (bicyclic) bond motifs is 1. The van der Waals surface area contributed by atoms with Crippen molar-refractivity contribution in [1.29, 1.82) is 0 Å². The normalized spacial score (nSPS) is 10.6. The third-order valence-electron chi connectivity index (χ3n) is 5.26. The van der Waals surface area contributed by atoms with Crippen LogP contribution < -0.4 is 5.32 Å². The van der Waals surface area contributed by atoms with Crippen molar-refractivity contribution in [3.8, 4) is 0 Å². The van der Waals surface area contributed by atoms with Gasteiger partial charge in [-0.25, -0.2) is 4.99 Å². The summed E-state index contributed by atoms with van der Waals surface area (Å²) in [6, 6.07) is 26.2. The minimum absolute atomic E-state index is 0.168. The van der Waals surface area contributed by atoms with E-state index < -0.39 is 0 Å². The monoisotopic (exact) mass is 408 g/mol. The standard InChI is InChI=1S/C27H24N2O2/c1-18(27(30)28-3)17-23-19(2)31-26-22(23)15-10-16-24(26)29-25(20-11-6-4-7-12-20)21-13-8-5-9-14-21/h4-16H,1,17H2,2-3H3,(H,28,30). The number of aliphatic imine (C=N–C) groups is 1. The van der Waals surface area contributed by atoms with E-state index in [4.69, 9.17) is 9.41 Å². The molecule has 1 N–H and O–H groups in total. The number of carbonyl (C=O) groups is 1. The van der Waals surface area contributed by atoms with Crippen LogP contribution in [0.3, 0.4) is 0 Å². The molecule has 3 aromatic carbocycles. The Bertz CT molecular complexity index is 1230. The molecule has 1 amide bonds. The largest absolute Gasteiger partial charge is 0.459 e. The van der Waals surface area contributed by atoms with E-state index in [1.54, 1.807) is 7.05 Å². The molecule has 154 valence electrons. The predicted octanol–water partition coefficient (Wildman–Crippen LogP) is 5.76. The molecule has 0 atom stereocenters. The summed E-state index contributed by atoms with van der Waals surface area (Å²) >= 11 is 0. The van der Waals surface area contributed by atoms with E-state index in [0.29, 0.717) is 17.6 Å². The Hall–Kier alpha value is -3.92. The fourth-order valence-corrected chi connectivity index (χ4v) is 3.66. The first-order chi connectivity index (χ1) is 15.1. The van der Waals surface area contributed by atoms with Gasteiger partial charge < -0.3 is 9.73 Å². The molecule has 1 aromatic heterocycles. The Morgan fingerprint density at radius 1 is 0.935 bits per heavy atom. The second kappa shape index (κ2) is 8.84. The number of amides is 1. The number of para-hydroxylation sites is 1. The third-order valence-corrected chi connectivity index (χ3v) is 5.26. The van der Waals surface area contributed by atoms with E-state index in [1.807, 2.05) is 61.5 Å².